The summed E-state index contributed by atoms with van der Waals surface area (Å²) in [4.78, 5) is 19.6. The topological polar surface area (TPSA) is 129 Å². The standard InChI is InChI=1S/C25H25FN6O4/c1-14-2-3-15(22-29-24(36-30-22)17-8-19(17)26)6-20(14)28-23(35)18-9-27-32-5-4-16(7-21(18)32)31-10-25(11-31,12-33)13-34/h2-7,9,17,19,33-34H,8,10-13H2,1H3,(H,28,35)/t17-,19-/m0/s1. The molecule has 0 bridgehead atoms. The number of alkyl halides is 1. The highest BCUT2D eigenvalue weighted by Gasteiger charge is 2.44. The van der Waals surface area contributed by atoms with E-state index in [0.717, 1.165) is 11.3 Å². The van der Waals surface area contributed by atoms with E-state index < -0.39 is 11.6 Å². The Kier molecular flexibility index (Phi) is 5.27. The summed E-state index contributed by atoms with van der Waals surface area (Å²) >= 11 is 0. The van der Waals surface area contributed by atoms with Crippen LogP contribution >= 0.6 is 0 Å². The average Bonchev–Trinajstić information content (AvgIpc) is 3.24. The van der Waals surface area contributed by atoms with Crippen molar-refractivity contribution in [2.45, 2.75) is 25.4 Å². The molecule has 1 aliphatic carbocycles. The number of halogens is 1. The molecule has 1 saturated carbocycles. The van der Waals surface area contributed by atoms with E-state index >= 15 is 0 Å². The third kappa shape index (κ3) is 3.80. The molecular formula is C25H25FN6O4. The minimum absolute atomic E-state index is 0.0802. The highest BCUT2D eigenvalue weighted by atomic mass is 19.1. The van der Waals surface area contributed by atoms with Gasteiger partial charge in [-0.15, -0.1) is 0 Å². The number of carbonyl (C=O) groups is 1. The van der Waals surface area contributed by atoms with Crippen LogP contribution in [0.2, 0.25) is 0 Å². The van der Waals surface area contributed by atoms with Crippen molar-refractivity contribution >= 4 is 22.8 Å². The summed E-state index contributed by atoms with van der Waals surface area (Å²) in [5, 5.41) is 30.4. The van der Waals surface area contributed by atoms with Gasteiger partial charge in [-0.25, -0.2) is 8.91 Å². The van der Waals surface area contributed by atoms with E-state index in [9.17, 15) is 19.4 Å². The molecule has 186 valence electrons. The normalized spacial score (nSPS) is 20.4. The van der Waals surface area contributed by atoms with E-state index in [4.69, 9.17) is 4.52 Å². The highest BCUT2D eigenvalue weighted by molar-refractivity contribution is 6.09. The molecule has 0 spiro atoms. The van der Waals surface area contributed by atoms with Crippen LogP contribution in [0.4, 0.5) is 15.8 Å². The number of aromatic nitrogens is 4. The lowest BCUT2D eigenvalue weighted by atomic mass is 9.81. The second kappa shape index (κ2) is 8.38. The Morgan fingerprint density at radius 1 is 1.25 bits per heavy atom. The van der Waals surface area contributed by atoms with Crippen molar-refractivity contribution in [1.82, 2.24) is 19.8 Å². The number of rotatable bonds is 7. The van der Waals surface area contributed by atoms with Gasteiger partial charge in [-0.2, -0.15) is 10.1 Å². The molecular weight excluding hydrogens is 467 g/mol. The number of hydrogen-bond donors (Lipinski definition) is 3. The second-order valence-corrected chi connectivity index (χ2v) is 9.74. The maximum absolute atomic E-state index is 13.3. The van der Waals surface area contributed by atoms with E-state index in [2.05, 4.69) is 20.6 Å². The molecule has 2 aliphatic rings. The molecule has 1 amide bonds. The van der Waals surface area contributed by atoms with Gasteiger partial charge in [0, 0.05) is 36.2 Å². The first-order valence-electron chi connectivity index (χ1n) is 11.7. The maximum Gasteiger partial charge on any atom is 0.259 e. The molecule has 0 radical (unpaired) electrons. The molecule has 4 aromatic rings. The Hall–Kier alpha value is -3.83. The van der Waals surface area contributed by atoms with Gasteiger partial charge in [0.2, 0.25) is 11.7 Å². The lowest BCUT2D eigenvalue weighted by Crippen LogP contribution is -2.60. The number of fused-ring (bicyclic) bond motifs is 1. The summed E-state index contributed by atoms with van der Waals surface area (Å²) < 4.78 is 20.2. The first-order chi connectivity index (χ1) is 17.4. The number of pyridine rings is 1. The predicted octanol–water partition coefficient (Wildman–Crippen LogP) is 2.56. The lowest BCUT2D eigenvalue weighted by molar-refractivity contribution is 0.0306. The molecule has 36 heavy (non-hydrogen) atoms. The van der Waals surface area contributed by atoms with Crippen LogP contribution in [0, 0.1) is 12.3 Å². The smallest absolute Gasteiger partial charge is 0.259 e. The number of hydrogen-bond acceptors (Lipinski definition) is 8. The van der Waals surface area contributed by atoms with Crippen molar-refractivity contribution in [3.8, 4) is 11.4 Å². The van der Waals surface area contributed by atoms with Crippen molar-refractivity contribution < 1.29 is 23.9 Å². The molecule has 6 rings (SSSR count). The van der Waals surface area contributed by atoms with Gasteiger partial charge >= 0.3 is 0 Å². The summed E-state index contributed by atoms with van der Waals surface area (Å²) in [6, 6.07) is 9.21. The number of aliphatic hydroxyl groups excluding tert-OH is 2. The van der Waals surface area contributed by atoms with Gasteiger partial charge in [-0.3, -0.25) is 4.79 Å². The number of carbonyl (C=O) groups excluding carboxylic acids is 1. The number of benzene rings is 1. The number of amides is 1. The van der Waals surface area contributed by atoms with Crippen molar-refractivity contribution in [2.75, 3.05) is 36.5 Å². The van der Waals surface area contributed by atoms with E-state index in [-0.39, 0.29) is 25.0 Å². The molecule has 3 N–H and O–H groups in total. The van der Waals surface area contributed by atoms with Gasteiger partial charge in [0.25, 0.3) is 5.91 Å². The number of nitrogens with one attached hydrogen (secondary N) is 1. The zero-order chi connectivity index (χ0) is 25.0. The van der Waals surface area contributed by atoms with Crippen LogP contribution in [0.5, 0.6) is 0 Å². The van der Waals surface area contributed by atoms with Crippen LogP contribution in [0.3, 0.4) is 0 Å². The Morgan fingerprint density at radius 2 is 2.03 bits per heavy atom. The summed E-state index contributed by atoms with van der Waals surface area (Å²) in [5.41, 5.74) is 3.52. The average molecular weight is 493 g/mol. The molecule has 4 heterocycles. The minimum atomic E-state index is -0.925. The first kappa shape index (κ1) is 22.6. The van der Waals surface area contributed by atoms with Crippen LogP contribution in [-0.4, -0.2) is 68.3 Å². The fourth-order valence-corrected chi connectivity index (χ4v) is 4.55. The van der Waals surface area contributed by atoms with E-state index in [1.165, 1.54) is 6.20 Å². The third-order valence-corrected chi connectivity index (χ3v) is 7.05. The summed E-state index contributed by atoms with van der Waals surface area (Å²) in [5.74, 6) is -0.00526. The van der Waals surface area contributed by atoms with Crippen LogP contribution in [0.25, 0.3) is 16.9 Å². The van der Waals surface area contributed by atoms with Gasteiger partial charge in [-0.05, 0) is 37.1 Å². The number of aliphatic hydroxyl groups is 2. The molecule has 1 aliphatic heterocycles. The number of aryl methyl sites for hydroxylation is 1. The van der Waals surface area contributed by atoms with Crippen molar-refractivity contribution in [3.63, 3.8) is 0 Å². The van der Waals surface area contributed by atoms with Crippen LogP contribution in [-0.2, 0) is 0 Å². The van der Waals surface area contributed by atoms with Crippen LogP contribution in [0.1, 0.15) is 34.2 Å². The summed E-state index contributed by atoms with van der Waals surface area (Å²) in [6.07, 6.45) is 2.77. The minimum Gasteiger partial charge on any atom is -0.396 e. The van der Waals surface area contributed by atoms with Gasteiger partial charge in [0.1, 0.15) is 6.17 Å². The summed E-state index contributed by atoms with van der Waals surface area (Å²) in [6.45, 7) is 2.78. The SMILES string of the molecule is Cc1ccc(-c2noc([C@H]3C[C@@H]3F)n2)cc1NC(=O)c1cnn2ccc(N3CC(CO)(CO)C3)cc12. The third-order valence-electron chi connectivity index (χ3n) is 7.05. The molecule has 10 nitrogen and oxygen atoms in total. The Bertz CT molecular complexity index is 1450. The van der Waals surface area contributed by atoms with Gasteiger partial charge in [0.05, 0.1) is 41.8 Å². The molecule has 1 aromatic carbocycles. The van der Waals surface area contributed by atoms with Crippen molar-refractivity contribution in [3.05, 3.63) is 59.7 Å². The second-order valence-electron chi connectivity index (χ2n) is 9.74. The zero-order valence-electron chi connectivity index (χ0n) is 19.6. The number of anilines is 2. The molecule has 0 unspecified atom stereocenters. The molecule has 1 saturated heterocycles. The molecule has 3 aromatic heterocycles. The van der Waals surface area contributed by atoms with E-state index in [1.807, 2.05) is 36.1 Å². The van der Waals surface area contributed by atoms with Crippen LogP contribution in [0.15, 0.2) is 47.2 Å². The fraction of sp³-hybridized carbons (Fsp3) is 0.360. The monoisotopic (exact) mass is 492 g/mol. The van der Waals surface area contributed by atoms with Crippen molar-refractivity contribution in [1.29, 1.82) is 0 Å². The first-order valence-corrected chi connectivity index (χ1v) is 11.7. The Labute approximate surface area is 205 Å². The zero-order valence-corrected chi connectivity index (χ0v) is 19.6. The largest absolute Gasteiger partial charge is 0.396 e. The van der Waals surface area contributed by atoms with E-state index in [1.54, 1.807) is 16.8 Å². The van der Waals surface area contributed by atoms with Crippen molar-refractivity contribution in [2.24, 2.45) is 5.41 Å². The Balaban J connectivity index is 1.23. The molecule has 11 heteroatoms. The highest BCUT2D eigenvalue weighted by Crippen LogP contribution is 2.43. The lowest BCUT2D eigenvalue weighted by Gasteiger charge is -2.49. The quantitative estimate of drug-likeness (QED) is 0.359. The summed E-state index contributed by atoms with van der Waals surface area (Å²) in [7, 11) is 0. The van der Waals surface area contributed by atoms with Gasteiger partial charge in [0.15, 0.2) is 0 Å². The van der Waals surface area contributed by atoms with Gasteiger partial charge in [-0.1, -0.05) is 17.3 Å². The fourth-order valence-electron chi connectivity index (χ4n) is 4.55. The molecule has 2 fully saturated rings. The molecule has 2 atom stereocenters. The maximum atomic E-state index is 13.3. The predicted molar refractivity (Wildman–Crippen MR) is 129 cm³/mol. The van der Waals surface area contributed by atoms with E-state index in [0.29, 0.717) is 53.6 Å². The van der Waals surface area contributed by atoms with Crippen LogP contribution < -0.4 is 10.2 Å². The van der Waals surface area contributed by atoms with Gasteiger partial charge < -0.3 is 25.0 Å². The number of nitrogens with zero attached hydrogens (tertiary/aromatic N) is 5. The Morgan fingerprint density at radius 3 is 2.75 bits per heavy atom.